The Morgan fingerprint density at radius 3 is 2.68 bits per heavy atom. The van der Waals surface area contributed by atoms with Crippen LogP contribution in [-0.4, -0.2) is 32.7 Å². The number of hydrogen-bond donors (Lipinski definition) is 2. The zero-order valence-corrected chi connectivity index (χ0v) is 15.9. The molecule has 0 radical (unpaired) electrons. The third-order valence-electron chi connectivity index (χ3n) is 3.65. The Hall–Kier alpha value is -2.35. The van der Waals surface area contributed by atoms with Gasteiger partial charge in [-0.1, -0.05) is 36.7 Å². The zero-order valence-electron chi connectivity index (χ0n) is 14.3. The van der Waals surface area contributed by atoms with Crippen molar-refractivity contribution in [3.8, 4) is 5.75 Å². The molecule has 0 aliphatic rings. The molecule has 0 amide bonds. The van der Waals surface area contributed by atoms with E-state index >= 15 is 0 Å². The van der Waals surface area contributed by atoms with E-state index in [-0.39, 0.29) is 11.1 Å². The number of nitrogens with one attached hydrogen (secondary N) is 2. The Morgan fingerprint density at radius 1 is 1.28 bits per heavy atom. The summed E-state index contributed by atoms with van der Waals surface area (Å²) >= 11 is 3.39. The molecule has 0 spiro atoms. The van der Waals surface area contributed by atoms with Crippen molar-refractivity contribution in [3.05, 3.63) is 51.1 Å². The number of fused-ring (bicyclic) bond motifs is 1. The van der Waals surface area contributed by atoms with Crippen molar-refractivity contribution in [1.82, 2.24) is 19.6 Å². The van der Waals surface area contributed by atoms with E-state index in [1.807, 2.05) is 45.0 Å². The minimum Gasteiger partial charge on any atom is -0.492 e. The summed E-state index contributed by atoms with van der Waals surface area (Å²) in [6.07, 6.45) is 1.73. The average Bonchev–Trinajstić information content (AvgIpc) is 2.94. The summed E-state index contributed by atoms with van der Waals surface area (Å²) in [5.41, 5.74) is 0.813. The van der Waals surface area contributed by atoms with E-state index in [0.717, 1.165) is 15.9 Å². The van der Waals surface area contributed by atoms with Crippen LogP contribution in [-0.2, 0) is 5.41 Å². The van der Waals surface area contributed by atoms with Gasteiger partial charge in [-0.15, -0.1) is 5.10 Å². The van der Waals surface area contributed by atoms with Crippen LogP contribution in [0.15, 0.2) is 39.7 Å². The van der Waals surface area contributed by atoms with Crippen LogP contribution in [0.3, 0.4) is 0 Å². The topological polar surface area (TPSA) is 84.3 Å². The summed E-state index contributed by atoms with van der Waals surface area (Å²) in [5.74, 6) is 1.35. The minimum absolute atomic E-state index is 0.185. The van der Waals surface area contributed by atoms with E-state index in [2.05, 4.69) is 36.4 Å². The summed E-state index contributed by atoms with van der Waals surface area (Å²) < 4.78 is 8.17. The molecule has 2 heterocycles. The van der Waals surface area contributed by atoms with Gasteiger partial charge in [-0.05, 0) is 24.3 Å². The molecular formula is C17H20BrN5O2. The number of anilines is 1. The largest absolute Gasteiger partial charge is 0.492 e. The van der Waals surface area contributed by atoms with Gasteiger partial charge in [0.25, 0.3) is 0 Å². The number of benzene rings is 1. The van der Waals surface area contributed by atoms with Crippen LogP contribution < -0.4 is 15.7 Å². The molecule has 0 saturated heterocycles. The Morgan fingerprint density at radius 2 is 2.00 bits per heavy atom. The Kier molecular flexibility index (Phi) is 4.80. The van der Waals surface area contributed by atoms with Crippen LogP contribution in [0, 0.1) is 0 Å². The lowest BCUT2D eigenvalue weighted by molar-refractivity contribution is 0.332. The van der Waals surface area contributed by atoms with Crippen molar-refractivity contribution in [3.63, 3.8) is 0 Å². The zero-order chi connectivity index (χ0) is 18.0. The summed E-state index contributed by atoms with van der Waals surface area (Å²) in [7, 11) is 0. The Labute approximate surface area is 153 Å². The lowest BCUT2D eigenvalue weighted by Crippen LogP contribution is -2.20. The Bertz CT molecular complexity index is 925. The number of nitrogens with zero attached hydrogens (tertiary/aromatic N) is 3. The number of halogens is 1. The third-order valence-corrected chi connectivity index (χ3v) is 4.17. The number of H-pyrrole nitrogens is 1. The maximum absolute atomic E-state index is 11.9. The van der Waals surface area contributed by atoms with E-state index < -0.39 is 0 Å². The molecule has 0 unspecified atom stereocenters. The van der Waals surface area contributed by atoms with Gasteiger partial charge in [0, 0.05) is 16.1 Å². The number of rotatable bonds is 5. The van der Waals surface area contributed by atoms with Gasteiger partial charge >= 0.3 is 5.69 Å². The maximum atomic E-state index is 11.9. The van der Waals surface area contributed by atoms with E-state index in [9.17, 15) is 4.79 Å². The van der Waals surface area contributed by atoms with Crippen molar-refractivity contribution in [2.45, 2.75) is 26.2 Å². The lowest BCUT2D eigenvalue weighted by Gasteiger charge is -2.19. The molecule has 0 bridgehead atoms. The molecule has 3 aromatic rings. The van der Waals surface area contributed by atoms with Crippen molar-refractivity contribution < 1.29 is 4.74 Å². The molecular weight excluding hydrogens is 386 g/mol. The van der Waals surface area contributed by atoms with Crippen LogP contribution in [0.5, 0.6) is 5.75 Å². The van der Waals surface area contributed by atoms with Gasteiger partial charge in [0.05, 0.1) is 12.2 Å². The van der Waals surface area contributed by atoms with Crippen molar-refractivity contribution in [2.75, 3.05) is 18.5 Å². The molecule has 0 aliphatic heterocycles. The molecule has 1 aromatic carbocycles. The predicted molar refractivity (Wildman–Crippen MR) is 100 cm³/mol. The number of hydrogen-bond acceptors (Lipinski definition) is 5. The molecule has 0 saturated carbocycles. The highest BCUT2D eigenvalue weighted by atomic mass is 79.9. The maximum Gasteiger partial charge on any atom is 0.347 e. The van der Waals surface area contributed by atoms with E-state index in [0.29, 0.717) is 24.6 Å². The minimum atomic E-state index is -0.280. The fourth-order valence-electron chi connectivity index (χ4n) is 2.26. The van der Waals surface area contributed by atoms with Crippen LogP contribution in [0.4, 0.5) is 5.82 Å². The fraction of sp³-hybridized carbons (Fsp3) is 0.353. The molecule has 2 N–H and O–H groups in total. The van der Waals surface area contributed by atoms with Gasteiger partial charge in [0.2, 0.25) is 5.65 Å². The SMILES string of the molecule is CC(C)(C)c1cn2c(=O)[nH]nc2c(NCCOc2ccc(Br)cc2)n1. The molecule has 0 fully saturated rings. The molecule has 0 aliphatic carbocycles. The number of aromatic nitrogens is 4. The average molecular weight is 406 g/mol. The van der Waals surface area contributed by atoms with Gasteiger partial charge in [-0.3, -0.25) is 0 Å². The lowest BCUT2D eigenvalue weighted by atomic mass is 9.93. The highest BCUT2D eigenvalue weighted by Crippen LogP contribution is 2.22. The molecule has 7 nitrogen and oxygen atoms in total. The first-order valence-electron chi connectivity index (χ1n) is 7.95. The van der Waals surface area contributed by atoms with Gasteiger partial charge in [0.1, 0.15) is 12.4 Å². The monoisotopic (exact) mass is 405 g/mol. The second kappa shape index (κ2) is 6.87. The quantitative estimate of drug-likeness (QED) is 0.637. The van der Waals surface area contributed by atoms with Crippen molar-refractivity contribution in [2.24, 2.45) is 0 Å². The van der Waals surface area contributed by atoms with Crippen molar-refractivity contribution in [1.29, 1.82) is 0 Å². The van der Waals surface area contributed by atoms with E-state index in [4.69, 9.17) is 4.74 Å². The fourth-order valence-corrected chi connectivity index (χ4v) is 2.53. The molecule has 8 heteroatoms. The van der Waals surface area contributed by atoms with Crippen LogP contribution >= 0.6 is 15.9 Å². The smallest absolute Gasteiger partial charge is 0.347 e. The first kappa shape index (κ1) is 17.5. The Balaban J connectivity index is 1.74. The summed E-state index contributed by atoms with van der Waals surface area (Å²) in [4.78, 5) is 16.5. The highest BCUT2D eigenvalue weighted by molar-refractivity contribution is 9.10. The highest BCUT2D eigenvalue weighted by Gasteiger charge is 2.19. The van der Waals surface area contributed by atoms with Crippen LogP contribution in [0.1, 0.15) is 26.5 Å². The molecule has 3 rings (SSSR count). The summed E-state index contributed by atoms with van der Waals surface area (Å²) in [6, 6.07) is 7.65. The number of ether oxygens (including phenoxy) is 1. The van der Waals surface area contributed by atoms with Gasteiger partial charge in [0.15, 0.2) is 5.82 Å². The van der Waals surface area contributed by atoms with Crippen LogP contribution in [0.2, 0.25) is 0 Å². The van der Waals surface area contributed by atoms with E-state index in [1.54, 1.807) is 6.20 Å². The third kappa shape index (κ3) is 4.01. The molecule has 2 aromatic heterocycles. The second-order valence-corrected chi connectivity index (χ2v) is 7.59. The second-order valence-electron chi connectivity index (χ2n) is 6.68. The molecule has 25 heavy (non-hydrogen) atoms. The van der Waals surface area contributed by atoms with E-state index in [1.165, 1.54) is 4.40 Å². The van der Waals surface area contributed by atoms with Gasteiger partial charge in [-0.2, -0.15) is 0 Å². The number of aromatic amines is 1. The first-order chi connectivity index (χ1) is 11.8. The van der Waals surface area contributed by atoms with Gasteiger partial charge in [-0.25, -0.2) is 19.3 Å². The predicted octanol–water partition coefficient (Wildman–Crippen LogP) is 2.97. The first-order valence-corrected chi connectivity index (χ1v) is 8.74. The summed E-state index contributed by atoms with van der Waals surface area (Å²) in [6.45, 7) is 7.14. The summed E-state index contributed by atoms with van der Waals surface area (Å²) in [5, 5.41) is 9.71. The molecule has 132 valence electrons. The van der Waals surface area contributed by atoms with Crippen LogP contribution in [0.25, 0.3) is 5.65 Å². The molecule has 0 atom stereocenters. The normalized spacial score (nSPS) is 11.7. The van der Waals surface area contributed by atoms with Crippen molar-refractivity contribution >= 4 is 27.4 Å². The van der Waals surface area contributed by atoms with Gasteiger partial charge < -0.3 is 10.1 Å². The standard InChI is InChI=1S/C17H20BrN5O2/c1-17(2,3)13-10-23-15(21-22-16(23)24)14(20-13)19-8-9-25-12-6-4-11(18)5-7-12/h4-7,10H,8-9H2,1-3H3,(H,19,20)(H,22,24).